The van der Waals surface area contributed by atoms with Gasteiger partial charge in [0.15, 0.2) is 0 Å². The van der Waals surface area contributed by atoms with Gasteiger partial charge in [-0.1, -0.05) is 28.1 Å². The van der Waals surface area contributed by atoms with Gasteiger partial charge in [0.25, 0.3) is 0 Å². The second-order valence-electron chi connectivity index (χ2n) is 4.53. The van der Waals surface area contributed by atoms with Gasteiger partial charge < -0.3 is 4.90 Å². The van der Waals surface area contributed by atoms with Crippen molar-refractivity contribution in [3.05, 3.63) is 34.3 Å². The number of hydrogen-bond acceptors (Lipinski definition) is 2. The van der Waals surface area contributed by atoms with Gasteiger partial charge in [-0.15, -0.1) is 0 Å². The molecule has 4 heteroatoms. The molecule has 0 saturated heterocycles. The third-order valence-corrected chi connectivity index (χ3v) is 2.96. The van der Waals surface area contributed by atoms with Gasteiger partial charge in [0.1, 0.15) is 5.41 Å². The molecular weight excluding hydrogens is 280 g/mol. The predicted molar refractivity (Wildman–Crippen MR) is 70.0 cm³/mol. The van der Waals surface area contributed by atoms with Gasteiger partial charge in [0.2, 0.25) is 5.91 Å². The summed E-state index contributed by atoms with van der Waals surface area (Å²) >= 11 is 3.39. The van der Waals surface area contributed by atoms with E-state index < -0.39 is 5.41 Å². The van der Waals surface area contributed by atoms with Crippen LogP contribution in [-0.2, 0) is 11.3 Å². The molecule has 0 aromatic heterocycles. The summed E-state index contributed by atoms with van der Waals surface area (Å²) in [6.45, 7) is 3.77. The summed E-state index contributed by atoms with van der Waals surface area (Å²) in [7, 11) is 1.71. The topological polar surface area (TPSA) is 44.1 Å². The lowest BCUT2D eigenvalue weighted by atomic mass is 9.94. The van der Waals surface area contributed by atoms with Gasteiger partial charge in [-0.2, -0.15) is 5.26 Å². The van der Waals surface area contributed by atoms with Crippen molar-refractivity contribution in [2.75, 3.05) is 7.05 Å². The van der Waals surface area contributed by atoms with E-state index >= 15 is 0 Å². The number of nitrogens with zero attached hydrogens (tertiary/aromatic N) is 2. The minimum absolute atomic E-state index is 0.167. The average molecular weight is 295 g/mol. The summed E-state index contributed by atoms with van der Waals surface area (Å²) in [5.74, 6) is -0.167. The fraction of sp³-hybridized carbons (Fsp3) is 0.385. The Labute approximate surface area is 110 Å². The van der Waals surface area contributed by atoms with Crippen LogP contribution in [-0.4, -0.2) is 17.9 Å². The molecule has 0 aliphatic heterocycles. The fourth-order valence-corrected chi connectivity index (χ4v) is 1.95. The molecule has 0 atom stereocenters. The second kappa shape index (κ2) is 5.33. The highest BCUT2D eigenvalue weighted by molar-refractivity contribution is 9.10. The molecule has 0 unspecified atom stereocenters. The molecular formula is C13H15BrN2O. The standard InChI is InChI=1S/C13H15BrN2O/c1-13(2,9-15)12(17)16(3)8-10-5-4-6-11(14)7-10/h4-7H,8H2,1-3H3. The Morgan fingerprint density at radius 2 is 2.18 bits per heavy atom. The summed E-state index contributed by atoms with van der Waals surface area (Å²) < 4.78 is 0.982. The largest absolute Gasteiger partial charge is 0.340 e. The monoisotopic (exact) mass is 294 g/mol. The molecule has 1 aromatic rings. The maximum Gasteiger partial charge on any atom is 0.242 e. The SMILES string of the molecule is CN(Cc1cccc(Br)c1)C(=O)C(C)(C)C#N. The van der Waals surface area contributed by atoms with Crippen LogP contribution in [0.3, 0.4) is 0 Å². The Bertz CT molecular complexity index is 463. The smallest absolute Gasteiger partial charge is 0.242 e. The minimum Gasteiger partial charge on any atom is -0.340 e. The summed E-state index contributed by atoms with van der Waals surface area (Å²) in [4.78, 5) is 13.6. The average Bonchev–Trinajstić information content (AvgIpc) is 2.28. The molecule has 0 N–H and O–H groups in total. The van der Waals surface area contributed by atoms with Crippen LogP contribution in [0.5, 0.6) is 0 Å². The summed E-state index contributed by atoms with van der Waals surface area (Å²) in [6, 6.07) is 9.79. The molecule has 0 saturated carbocycles. The van der Waals surface area contributed by atoms with Crippen molar-refractivity contribution in [2.45, 2.75) is 20.4 Å². The van der Waals surface area contributed by atoms with Crippen LogP contribution < -0.4 is 0 Å². The number of halogens is 1. The van der Waals surface area contributed by atoms with Crippen molar-refractivity contribution < 1.29 is 4.79 Å². The Hall–Kier alpha value is -1.34. The van der Waals surface area contributed by atoms with Crippen LogP contribution in [0, 0.1) is 16.7 Å². The maximum atomic E-state index is 12.0. The molecule has 1 amide bonds. The molecule has 0 aliphatic carbocycles. The highest BCUT2D eigenvalue weighted by Gasteiger charge is 2.30. The lowest BCUT2D eigenvalue weighted by Gasteiger charge is -2.24. The first-order valence-electron chi connectivity index (χ1n) is 5.28. The predicted octanol–water partition coefficient (Wildman–Crippen LogP) is 2.96. The van der Waals surface area contributed by atoms with E-state index in [0.717, 1.165) is 10.0 Å². The molecule has 0 radical (unpaired) electrons. The number of rotatable bonds is 3. The Balaban J connectivity index is 2.77. The molecule has 0 fully saturated rings. The van der Waals surface area contributed by atoms with Crippen LogP contribution in [0.2, 0.25) is 0 Å². The molecule has 17 heavy (non-hydrogen) atoms. The van der Waals surface area contributed by atoms with E-state index in [2.05, 4.69) is 15.9 Å². The van der Waals surface area contributed by atoms with Crippen molar-refractivity contribution in [2.24, 2.45) is 5.41 Å². The van der Waals surface area contributed by atoms with E-state index in [9.17, 15) is 4.79 Å². The van der Waals surface area contributed by atoms with Crippen LogP contribution >= 0.6 is 15.9 Å². The molecule has 1 rings (SSSR count). The molecule has 0 bridgehead atoms. The number of carbonyl (C=O) groups is 1. The van der Waals surface area contributed by atoms with Crippen LogP contribution in [0.4, 0.5) is 0 Å². The number of amides is 1. The highest BCUT2D eigenvalue weighted by Crippen LogP contribution is 2.19. The number of carbonyl (C=O) groups excluding carboxylic acids is 1. The molecule has 90 valence electrons. The van der Waals surface area contributed by atoms with Gasteiger partial charge in [0.05, 0.1) is 6.07 Å². The molecule has 3 nitrogen and oxygen atoms in total. The van der Waals surface area contributed by atoms with E-state index in [1.54, 1.807) is 25.8 Å². The van der Waals surface area contributed by atoms with Crippen LogP contribution in [0.25, 0.3) is 0 Å². The maximum absolute atomic E-state index is 12.0. The van der Waals surface area contributed by atoms with Gasteiger partial charge in [-0.05, 0) is 31.5 Å². The third kappa shape index (κ3) is 3.57. The highest BCUT2D eigenvalue weighted by atomic mass is 79.9. The van der Waals surface area contributed by atoms with E-state index in [1.165, 1.54) is 0 Å². The number of nitriles is 1. The quantitative estimate of drug-likeness (QED) is 0.860. The van der Waals surface area contributed by atoms with Gasteiger partial charge in [0, 0.05) is 18.1 Å². The van der Waals surface area contributed by atoms with Crippen molar-refractivity contribution in [3.63, 3.8) is 0 Å². The van der Waals surface area contributed by atoms with Crippen LogP contribution in [0.15, 0.2) is 28.7 Å². The fourth-order valence-electron chi connectivity index (χ4n) is 1.51. The van der Waals surface area contributed by atoms with E-state index in [0.29, 0.717) is 6.54 Å². The van der Waals surface area contributed by atoms with E-state index in [4.69, 9.17) is 5.26 Å². The van der Waals surface area contributed by atoms with Crippen LogP contribution in [0.1, 0.15) is 19.4 Å². The lowest BCUT2D eigenvalue weighted by Crippen LogP contribution is -2.37. The summed E-state index contributed by atoms with van der Waals surface area (Å²) in [5.41, 5.74) is 0.0600. The summed E-state index contributed by atoms with van der Waals surface area (Å²) in [5, 5.41) is 8.92. The first-order valence-corrected chi connectivity index (χ1v) is 6.07. The second-order valence-corrected chi connectivity index (χ2v) is 5.44. The molecule has 0 aliphatic rings. The minimum atomic E-state index is -0.971. The Morgan fingerprint density at radius 3 is 2.71 bits per heavy atom. The lowest BCUT2D eigenvalue weighted by molar-refractivity contribution is -0.136. The Kier molecular flexibility index (Phi) is 4.30. The first-order chi connectivity index (χ1) is 7.86. The Morgan fingerprint density at radius 1 is 1.53 bits per heavy atom. The molecule has 0 heterocycles. The normalized spacial score (nSPS) is 10.8. The molecule has 1 aromatic carbocycles. The van der Waals surface area contributed by atoms with Crippen molar-refractivity contribution in [3.8, 4) is 6.07 Å². The zero-order valence-corrected chi connectivity index (χ0v) is 11.8. The zero-order valence-electron chi connectivity index (χ0n) is 10.2. The molecule has 0 spiro atoms. The van der Waals surface area contributed by atoms with E-state index in [1.807, 2.05) is 30.3 Å². The van der Waals surface area contributed by atoms with Gasteiger partial charge in [-0.25, -0.2) is 0 Å². The zero-order chi connectivity index (χ0) is 13.1. The van der Waals surface area contributed by atoms with Crippen molar-refractivity contribution in [1.82, 2.24) is 4.90 Å². The van der Waals surface area contributed by atoms with Crippen molar-refractivity contribution >= 4 is 21.8 Å². The van der Waals surface area contributed by atoms with Crippen molar-refractivity contribution in [1.29, 1.82) is 5.26 Å². The third-order valence-electron chi connectivity index (χ3n) is 2.47. The van der Waals surface area contributed by atoms with Gasteiger partial charge >= 0.3 is 0 Å². The first kappa shape index (κ1) is 13.7. The number of benzene rings is 1. The summed E-state index contributed by atoms with van der Waals surface area (Å²) in [6.07, 6.45) is 0. The van der Waals surface area contributed by atoms with Gasteiger partial charge in [-0.3, -0.25) is 4.79 Å². The van der Waals surface area contributed by atoms with E-state index in [-0.39, 0.29) is 5.91 Å². The number of hydrogen-bond donors (Lipinski definition) is 0.